The zero-order chi connectivity index (χ0) is 74.0. The lowest BCUT2D eigenvalue weighted by Gasteiger charge is -2.44. The molecule has 19 nitrogen and oxygen atoms in total. The zero-order valence-electron chi connectivity index (χ0n) is 65.0. The van der Waals surface area contributed by atoms with E-state index < -0.39 is 116 Å². The molecule has 0 aromatic heterocycles. The summed E-state index contributed by atoms with van der Waals surface area (Å²) in [5, 5.41) is 27.0. The molecule has 2 amide bonds. The van der Waals surface area contributed by atoms with Crippen molar-refractivity contribution in [2.24, 2.45) is 0 Å². The minimum absolute atomic E-state index is 0.105. The molecule has 1 aliphatic heterocycles. The number of esters is 4. The Balaban J connectivity index is 3.76. The van der Waals surface area contributed by atoms with E-state index in [2.05, 4.69) is 52.2 Å². The number of nitrogens with one attached hydrogen (secondary N) is 2. The van der Waals surface area contributed by atoms with Crippen LogP contribution in [0, 0.1) is 0 Å². The maximum atomic E-state index is 14.8. The van der Waals surface area contributed by atoms with Gasteiger partial charge in [-0.3, -0.25) is 33.6 Å². The number of hydrogen-bond acceptors (Lipinski definition) is 16. The van der Waals surface area contributed by atoms with Crippen LogP contribution < -0.4 is 10.6 Å². The maximum absolute atomic E-state index is 14.8. The number of carboxylic acid groups (broad SMARTS) is 1. The molecule has 1 rings (SSSR count). The number of unbranched alkanes of at least 4 members (excludes halogenated alkanes) is 42. The van der Waals surface area contributed by atoms with Crippen LogP contribution in [0.4, 0.5) is 0 Å². The smallest absolute Gasteiger partial charge is 0.328 e. The van der Waals surface area contributed by atoms with Crippen LogP contribution in [0.5, 0.6) is 0 Å². The van der Waals surface area contributed by atoms with Gasteiger partial charge < -0.3 is 54.0 Å². The molecule has 0 aromatic carbocycles. The minimum Gasteiger partial charge on any atom is -0.480 e. The minimum atomic E-state index is -1.73. The average Bonchev–Trinajstić information content (AvgIpc) is 0.787. The van der Waals surface area contributed by atoms with E-state index in [9.17, 15) is 48.6 Å². The molecule has 1 heterocycles. The lowest BCUT2D eigenvalue weighted by atomic mass is 9.95. The second kappa shape index (κ2) is 67.5. The molecule has 2 unspecified atom stereocenters. The molecular weight excluding hydrogens is 1280 g/mol. The van der Waals surface area contributed by atoms with Crippen LogP contribution in [0.3, 0.4) is 0 Å². The first-order valence-electron chi connectivity index (χ1n) is 41.8. The lowest BCUT2D eigenvalue weighted by molar-refractivity contribution is -0.276. The van der Waals surface area contributed by atoms with Gasteiger partial charge in [0.15, 0.2) is 24.5 Å². The van der Waals surface area contributed by atoms with Crippen molar-refractivity contribution in [2.75, 3.05) is 13.2 Å². The molecule has 1 saturated heterocycles. The second-order valence-electron chi connectivity index (χ2n) is 29.2. The molecule has 0 spiro atoms. The van der Waals surface area contributed by atoms with Gasteiger partial charge in [-0.05, 0) is 57.8 Å². The average molecular weight is 1440 g/mol. The monoisotopic (exact) mass is 1440 g/mol. The number of aliphatic hydroxyl groups is 1. The van der Waals surface area contributed by atoms with Crippen LogP contribution in [-0.4, -0.2) is 127 Å². The summed E-state index contributed by atoms with van der Waals surface area (Å²) in [6.07, 6.45) is 41.4. The number of ether oxygens (including phenoxy) is 7. The molecule has 0 aliphatic carbocycles. The van der Waals surface area contributed by atoms with Gasteiger partial charge in [-0.15, -0.1) is 0 Å². The number of rotatable bonds is 73. The molecule has 0 aromatic rings. The molecule has 19 heteroatoms. The molecule has 590 valence electrons. The summed E-state index contributed by atoms with van der Waals surface area (Å²) >= 11 is 0. The quantitative estimate of drug-likeness (QED) is 0.0191. The summed E-state index contributed by atoms with van der Waals surface area (Å²) in [6, 6.07) is -3.31. The van der Waals surface area contributed by atoms with Crippen LogP contribution in [0.25, 0.3) is 0 Å². The zero-order valence-corrected chi connectivity index (χ0v) is 65.0. The first-order valence-corrected chi connectivity index (χ1v) is 41.8. The van der Waals surface area contributed by atoms with E-state index in [0.717, 1.165) is 173 Å². The first kappa shape index (κ1) is 94.7. The Morgan fingerprint density at radius 3 is 1.02 bits per heavy atom. The first-order chi connectivity index (χ1) is 49.2. The van der Waals surface area contributed by atoms with Crippen LogP contribution in [0.1, 0.15) is 408 Å². The highest BCUT2D eigenvalue weighted by Gasteiger charge is 2.51. The number of carboxylic acids is 1. The van der Waals surface area contributed by atoms with Gasteiger partial charge in [-0.25, -0.2) is 4.79 Å². The summed E-state index contributed by atoms with van der Waals surface area (Å²) in [5.74, 6) is -5.03. The SMILES string of the molecule is CCCCCCCCCCC[C@H](CC(=O)NC1[C@H](OC[C@H](NC(=O)C[C@@H](CCCCCCCCCCC)OC(=O)CCCCCCCCC)C(=O)O)OC(CO)[C@@H](OC=O)[C@@H]1OC(=O)C[C@@H](CCCCCCCCCCC)OC(=O)CCCCCCCCC)OC(=O)CCCCCCCCC. The lowest BCUT2D eigenvalue weighted by Crippen LogP contribution is -2.67. The van der Waals surface area contributed by atoms with Crippen molar-refractivity contribution in [3.8, 4) is 0 Å². The molecule has 1 fully saturated rings. The van der Waals surface area contributed by atoms with Crippen molar-refractivity contribution < 1.29 is 81.7 Å². The Kier molecular flexibility index (Phi) is 63.3. The summed E-state index contributed by atoms with van der Waals surface area (Å²) in [5.41, 5.74) is 0. The topological polar surface area (TPSA) is 266 Å². The fourth-order valence-corrected chi connectivity index (χ4v) is 13.4. The van der Waals surface area contributed by atoms with Crippen molar-refractivity contribution in [2.45, 2.75) is 463 Å². The predicted molar refractivity (Wildman–Crippen MR) is 401 cm³/mol. The van der Waals surface area contributed by atoms with E-state index in [1.54, 1.807) is 0 Å². The normalized spacial score (nSPS) is 17.1. The molecule has 4 N–H and O–H groups in total. The van der Waals surface area contributed by atoms with E-state index >= 15 is 0 Å². The Morgan fingerprint density at radius 2 is 0.703 bits per heavy atom. The second-order valence-corrected chi connectivity index (χ2v) is 29.2. The number of aliphatic hydroxyl groups excluding tert-OH is 1. The fraction of sp³-hybridized carbons (Fsp3) is 0.902. The third-order valence-corrected chi connectivity index (χ3v) is 19.7. The number of amides is 2. The Bertz CT molecular complexity index is 2050. The summed E-state index contributed by atoms with van der Waals surface area (Å²) in [6.45, 7) is 11.6. The van der Waals surface area contributed by atoms with Gasteiger partial charge in [0, 0.05) is 19.3 Å². The van der Waals surface area contributed by atoms with Crippen LogP contribution in [-0.2, 0) is 71.5 Å². The molecule has 101 heavy (non-hydrogen) atoms. The fourth-order valence-electron chi connectivity index (χ4n) is 13.4. The highest BCUT2D eigenvalue weighted by Crippen LogP contribution is 2.30. The van der Waals surface area contributed by atoms with Crippen molar-refractivity contribution >= 4 is 48.1 Å². The third kappa shape index (κ3) is 53.1. The molecule has 9 atom stereocenters. The highest BCUT2D eigenvalue weighted by atomic mass is 16.7. The standard InChI is InChI=1S/C82H150N2O17/c1-7-13-19-25-31-34-40-43-49-55-67(97-74(89)58-52-46-37-28-22-16-10-4)61-72(87)83-70(81(93)94)65-95-82-78(84-73(88)62-68(56-50-44-41-35-32-26-20-14-8-2)98-75(90)59-53-47-38-29-23-17-11-5)80(79(96-66-86)71(64-85)100-82)101-77(92)63-69(57-51-45-42-36-33-27-21-15-9-3)99-76(91)60-54-48-39-30-24-18-12-6/h66-71,78-80,82,85H,7-65H2,1-6H3,(H,83,87)(H,84,88)(H,93,94)/t67-,68-,69-,70+,71?,78?,79-,80-,82-/m1/s1. The number of carbonyl (C=O) groups is 8. The molecular formula is C82H150N2O17. The largest absolute Gasteiger partial charge is 0.480 e. The summed E-state index contributed by atoms with van der Waals surface area (Å²) in [7, 11) is 0. The Labute approximate surface area is 613 Å². The van der Waals surface area contributed by atoms with Gasteiger partial charge in [-0.2, -0.15) is 0 Å². The van der Waals surface area contributed by atoms with Crippen molar-refractivity contribution in [1.82, 2.24) is 10.6 Å². The number of hydrogen-bond donors (Lipinski definition) is 4. The molecule has 0 radical (unpaired) electrons. The maximum Gasteiger partial charge on any atom is 0.328 e. The van der Waals surface area contributed by atoms with Crippen molar-refractivity contribution in [3.63, 3.8) is 0 Å². The van der Waals surface area contributed by atoms with Gasteiger partial charge in [0.25, 0.3) is 6.47 Å². The Hall–Kier alpha value is -4.36. The van der Waals surface area contributed by atoms with Crippen LogP contribution in [0.15, 0.2) is 0 Å². The molecule has 0 bridgehead atoms. The van der Waals surface area contributed by atoms with E-state index in [-0.39, 0.29) is 38.6 Å². The summed E-state index contributed by atoms with van der Waals surface area (Å²) < 4.78 is 42.5. The van der Waals surface area contributed by atoms with Crippen molar-refractivity contribution in [1.29, 1.82) is 0 Å². The molecule has 1 aliphatic rings. The number of aliphatic carboxylic acids is 1. The Morgan fingerprint density at radius 1 is 0.396 bits per heavy atom. The highest BCUT2D eigenvalue weighted by molar-refractivity contribution is 5.84. The van der Waals surface area contributed by atoms with Crippen molar-refractivity contribution in [3.05, 3.63) is 0 Å². The van der Waals surface area contributed by atoms with Gasteiger partial charge in [-0.1, -0.05) is 311 Å². The molecule has 0 saturated carbocycles. The van der Waals surface area contributed by atoms with Gasteiger partial charge >= 0.3 is 29.8 Å². The number of carbonyl (C=O) groups excluding carboxylic acids is 7. The summed E-state index contributed by atoms with van der Waals surface area (Å²) in [4.78, 5) is 109. The van der Waals surface area contributed by atoms with E-state index in [0.29, 0.717) is 57.8 Å². The van der Waals surface area contributed by atoms with E-state index in [1.807, 2.05) is 0 Å². The van der Waals surface area contributed by atoms with Crippen LogP contribution in [0.2, 0.25) is 0 Å². The predicted octanol–water partition coefficient (Wildman–Crippen LogP) is 19.3. The van der Waals surface area contributed by atoms with Gasteiger partial charge in [0.2, 0.25) is 11.8 Å². The van der Waals surface area contributed by atoms with Crippen LogP contribution >= 0.6 is 0 Å². The van der Waals surface area contributed by atoms with Gasteiger partial charge in [0.1, 0.15) is 30.5 Å². The van der Waals surface area contributed by atoms with E-state index in [4.69, 9.17) is 33.2 Å². The third-order valence-electron chi connectivity index (χ3n) is 19.7. The van der Waals surface area contributed by atoms with E-state index in [1.165, 1.54) is 96.3 Å². The van der Waals surface area contributed by atoms with Gasteiger partial charge in [0.05, 0.1) is 32.5 Å².